The number of hydrogen-bond acceptors (Lipinski definition) is 4. The number of carbonyl (C=O) groups is 2. The molecule has 0 radical (unpaired) electrons. The highest BCUT2D eigenvalue weighted by molar-refractivity contribution is 5.89. The molecule has 2 heterocycles. The molecule has 2 aliphatic rings. The summed E-state index contributed by atoms with van der Waals surface area (Å²) < 4.78 is 5.75. The smallest absolute Gasteiger partial charge is 0.228 e. The standard InChI is InChI=1S/C22H33N3O3/c1-4-18(5-2)25-16-17(15-21(25)26)22(27)24-13-11-23(12-14-24)19-9-7-8-10-20(19)28-6-3/h7-10,17-18H,4-6,11-16H2,1-3H3. The first-order valence-corrected chi connectivity index (χ1v) is 10.6. The zero-order chi connectivity index (χ0) is 20.1. The molecule has 0 spiro atoms. The Labute approximate surface area is 168 Å². The van der Waals surface area contributed by atoms with Crippen LogP contribution in [0.4, 0.5) is 5.69 Å². The molecule has 3 rings (SSSR count). The van der Waals surface area contributed by atoms with Gasteiger partial charge in [-0.05, 0) is 31.9 Å². The molecule has 2 aliphatic heterocycles. The van der Waals surface area contributed by atoms with E-state index < -0.39 is 0 Å². The maximum Gasteiger partial charge on any atom is 0.228 e. The second-order valence-electron chi connectivity index (χ2n) is 7.63. The Kier molecular flexibility index (Phi) is 6.81. The Morgan fingerprint density at radius 3 is 2.43 bits per heavy atom. The number of anilines is 1. The third kappa shape index (κ3) is 4.26. The van der Waals surface area contributed by atoms with E-state index in [9.17, 15) is 9.59 Å². The van der Waals surface area contributed by atoms with Crippen molar-refractivity contribution in [1.82, 2.24) is 9.80 Å². The van der Waals surface area contributed by atoms with Crippen LogP contribution in [0.3, 0.4) is 0 Å². The van der Waals surface area contributed by atoms with Crippen molar-refractivity contribution in [2.24, 2.45) is 5.92 Å². The van der Waals surface area contributed by atoms with Crippen LogP contribution < -0.4 is 9.64 Å². The molecule has 6 nitrogen and oxygen atoms in total. The van der Waals surface area contributed by atoms with E-state index in [0.717, 1.165) is 37.4 Å². The van der Waals surface area contributed by atoms with Crippen molar-refractivity contribution in [3.8, 4) is 5.75 Å². The summed E-state index contributed by atoms with van der Waals surface area (Å²) in [4.78, 5) is 31.6. The van der Waals surface area contributed by atoms with Crippen molar-refractivity contribution in [2.45, 2.75) is 46.1 Å². The van der Waals surface area contributed by atoms with Crippen LogP contribution >= 0.6 is 0 Å². The average molecular weight is 388 g/mol. The Hall–Kier alpha value is -2.24. The summed E-state index contributed by atoms with van der Waals surface area (Å²) in [6.45, 7) is 10.4. The van der Waals surface area contributed by atoms with Crippen molar-refractivity contribution in [1.29, 1.82) is 0 Å². The van der Waals surface area contributed by atoms with E-state index in [1.165, 1.54) is 0 Å². The monoisotopic (exact) mass is 387 g/mol. The van der Waals surface area contributed by atoms with Gasteiger partial charge in [0.15, 0.2) is 0 Å². The normalized spacial score (nSPS) is 20.2. The van der Waals surface area contributed by atoms with Crippen LogP contribution in [0, 0.1) is 5.92 Å². The number of nitrogens with zero attached hydrogens (tertiary/aromatic N) is 3. The minimum absolute atomic E-state index is 0.135. The van der Waals surface area contributed by atoms with Crippen LogP contribution in [0.2, 0.25) is 0 Å². The lowest BCUT2D eigenvalue weighted by atomic mass is 10.1. The molecule has 1 aromatic rings. The van der Waals surface area contributed by atoms with Gasteiger partial charge in [0.25, 0.3) is 0 Å². The van der Waals surface area contributed by atoms with Crippen molar-refractivity contribution in [3.05, 3.63) is 24.3 Å². The minimum atomic E-state index is -0.185. The Morgan fingerprint density at radius 1 is 1.11 bits per heavy atom. The molecule has 154 valence electrons. The quantitative estimate of drug-likeness (QED) is 0.722. The molecule has 0 N–H and O–H groups in total. The number of hydrogen-bond donors (Lipinski definition) is 0. The maximum absolute atomic E-state index is 13.0. The van der Waals surface area contributed by atoms with E-state index in [0.29, 0.717) is 32.7 Å². The van der Waals surface area contributed by atoms with Gasteiger partial charge in [0.2, 0.25) is 11.8 Å². The Balaban J connectivity index is 1.58. The van der Waals surface area contributed by atoms with Gasteiger partial charge in [-0.3, -0.25) is 9.59 Å². The number of para-hydroxylation sites is 2. The maximum atomic E-state index is 13.0. The van der Waals surface area contributed by atoms with Gasteiger partial charge in [-0.2, -0.15) is 0 Å². The number of likely N-dealkylation sites (tertiary alicyclic amines) is 1. The molecule has 2 saturated heterocycles. The first-order chi connectivity index (χ1) is 13.6. The molecular formula is C22H33N3O3. The van der Waals surface area contributed by atoms with E-state index in [1.807, 2.05) is 34.9 Å². The minimum Gasteiger partial charge on any atom is -0.492 e. The lowest BCUT2D eigenvalue weighted by molar-refractivity contribution is -0.136. The second kappa shape index (κ2) is 9.30. The van der Waals surface area contributed by atoms with Gasteiger partial charge < -0.3 is 19.4 Å². The van der Waals surface area contributed by atoms with Crippen LogP contribution in [0.25, 0.3) is 0 Å². The predicted octanol–water partition coefficient (Wildman–Crippen LogP) is 2.77. The molecular weight excluding hydrogens is 354 g/mol. The van der Waals surface area contributed by atoms with Gasteiger partial charge in [0.05, 0.1) is 18.2 Å². The van der Waals surface area contributed by atoms with Crippen LogP contribution in [-0.4, -0.2) is 67.0 Å². The number of piperazine rings is 1. The third-order valence-corrected chi connectivity index (χ3v) is 5.99. The molecule has 1 unspecified atom stereocenters. The van der Waals surface area contributed by atoms with Gasteiger partial charge in [-0.15, -0.1) is 0 Å². The fourth-order valence-electron chi connectivity index (χ4n) is 4.40. The molecule has 1 atom stereocenters. The van der Waals surface area contributed by atoms with E-state index >= 15 is 0 Å². The highest BCUT2D eigenvalue weighted by Crippen LogP contribution is 2.30. The fourth-order valence-corrected chi connectivity index (χ4v) is 4.40. The van der Waals surface area contributed by atoms with Gasteiger partial charge in [-0.25, -0.2) is 0 Å². The predicted molar refractivity (Wildman–Crippen MR) is 111 cm³/mol. The summed E-state index contributed by atoms with van der Waals surface area (Å²) in [6.07, 6.45) is 2.25. The molecule has 2 fully saturated rings. The summed E-state index contributed by atoms with van der Waals surface area (Å²) in [7, 11) is 0. The Bertz CT molecular complexity index is 681. The summed E-state index contributed by atoms with van der Waals surface area (Å²) in [5.41, 5.74) is 1.09. The molecule has 2 amide bonds. The van der Waals surface area contributed by atoms with Crippen LogP contribution in [-0.2, 0) is 9.59 Å². The highest BCUT2D eigenvalue weighted by Gasteiger charge is 2.39. The summed E-state index contributed by atoms with van der Waals surface area (Å²) in [5.74, 6) is 0.984. The van der Waals surface area contributed by atoms with Gasteiger partial charge in [0.1, 0.15) is 5.75 Å². The van der Waals surface area contributed by atoms with Crippen LogP contribution in [0.15, 0.2) is 24.3 Å². The van der Waals surface area contributed by atoms with E-state index in [4.69, 9.17) is 4.74 Å². The largest absolute Gasteiger partial charge is 0.492 e. The average Bonchev–Trinajstić information content (AvgIpc) is 3.11. The zero-order valence-electron chi connectivity index (χ0n) is 17.4. The molecule has 0 saturated carbocycles. The highest BCUT2D eigenvalue weighted by atomic mass is 16.5. The number of ether oxygens (including phenoxy) is 1. The summed E-state index contributed by atoms with van der Waals surface area (Å²) in [5, 5.41) is 0. The van der Waals surface area contributed by atoms with E-state index in [2.05, 4.69) is 24.8 Å². The topological polar surface area (TPSA) is 53.1 Å². The summed E-state index contributed by atoms with van der Waals surface area (Å²) >= 11 is 0. The zero-order valence-corrected chi connectivity index (χ0v) is 17.4. The van der Waals surface area contributed by atoms with Crippen molar-refractivity contribution < 1.29 is 14.3 Å². The van der Waals surface area contributed by atoms with E-state index in [-0.39, 0.29) is 23.8 Å². The lowest BCUT2D eigenvalue weighted by Crippen LogP contribution is -2.51. The molecule has 0 bridgehead atoms. The number of rotatable bonds is 7. The third-order valence-electron chi connectivity index (χ3n) is 5.99. The first-order valence-electron chi connectivity index (χ1n) is 10.6. The molecule has 1 aromatic carbocycles. The molecule has 6 heteroatoms. The fraction of sp³-hybridized carbons (Fsp3) is 0.636. The van der Waals surface area contributed by atoms with Gasteiger partial charge >= 0.3 is 0 Å². The Morgan fingerprint density at radius 2 is 1.79 bits per heavy atom. The van der Waals surface area contributed by atoms with Crippen molar-refractivity contribution in [2.75, 3.05) is 44.2 Å². The van der Waals surface area contributed by atoms with Gasteiger partial charge in [-0.1, -0.05) is 26.0 Å². The summed E-state index contributed by atoms with van der Waals surface area (Å²) in [6, 6.07) is 8.33. The molecule has 0 aliphatic carbocycles. The van der Waals surface area contributed by atoms with Crippen molar-refractivity contribution in [3.63, 3.8) is 0 Å². The lowest BCUT2D eigenvalue weighted by Gasteiger charge is -2.37. The number of benzene rings is 1. The molecule has 0 aromatic heterocycles. The molecule has 28 heavy (non-hydrogen) atoms. The SMILES string of the molecule is CCOc1ccccc1N1CCN(C(=O)C2CC(=O)N(C(CC)CC)C2)CC1. The first kappa shape index (κ1) is 20.5. The van der Waals surface area contributed by atoms with Crippen LogP contribution in [0.5, 0.6) is 5.75 Å². The number of carbonyl (C=O) groups excluding carboxylic acids is 2. The van der Waals surface area contributed by atoms with Gasteiger partial charge in [0, 0.05) is 45.2 Å². The van der Waals surface area contributed by atoms with E-state index in [1.54, 1.807) is 0 Å². The van der Waals surface area contributed by atoms with Crippen LogP contribution in [0.1, 0.15) is 40.0 Å². The number of amides is 2. The van der Waals surface area contributed by atoms with Crippen molar-refractivity contribution >= 4 is 17.5 Å². The second-order valence-corrected chi connectivity index (χ2v) is 7.63.